The Morgan fingerprint density at radius 3 is 2.82 bits per heavy atom. The minimum Gasteiger partial charge on any atom is -0.507 e. The number of carbonyl (C=O) groups excluding carboxylic acids is 1. The summed E-state index contributed by atoms with van der Waals surface area (Å²) in [5.41, 5.74) is 1.27. The first-order valence-corrected chi connectivity index (χ1v) is 3.35. The van der Waals surface area contributed by atoms with Crippen molar-refractivity contribution in [3.63, 3.8) is 0 Å². The van der Waals surface area contributed by atoms with Gasteiger partial charge in [0.2, 0.25) is 0 Å². The molecule has 1 radical (unpaired) electrons. The minimum atomic E-state index is 0.0330. The minimum absolute atomic E-state index is 0.0330. The number of aromatic hydroxyl groups is 1. The van der Waals surface area contributed by atoms with Gasteiger partial charge in [-0.2, -0.15) is 0 Å². The Morgan fingerprint density at radius 2 is 2.27 bits per heavy atom. The van der Waals surface area contributed by atoms with E-state index in [0.717, 1.165) is 5.46 Å². The highest BCUT2D eigenvalue weighted by Gasteiger charge is 1.99. The third-order valence-electron chi connectivity index (χ3n) is 1.51. The average Bonchev–Trinajstić information content (AvgIpc) is 2.05. The van der Waals surface area contributed by atoms with Crippen LogP contribution in [0.4, 0.5) is 0 Å². The van der Waals surface area contributed by atoms with Gasteiger partial charge in [0, 0.05) is 0 Å². The molecule has 0 atom stereocenters. The van der Waals surface area contributed by atoms with Crippen LogP contribution in [0.5, 0.6) is 5.75 Å². The van der Waals surface area contributed by atoms with Crippen LogP contribution in [0, 0.1) is 0 Å². The van der Waals surface area contributed by atoms with Gasteiger partial charge in [-0.3, -0.25) is 4.79 Å². The molecule has 1 N–H and O–H groups in total. The topological polar surface area (TPSA) is 37.3 Å². The number of hydrogen-bond acceptors (Lipinski definition) is 2. The smallest absolute Gasteiger partial charge is 0.153 e. The van der Waals surface area contributed by atoms with Gasteiger partial charge in [-0.05, 0) is 6.07 Å². The van der Waals surface area contributed by atoms with Gasteiger partial charge in [-0.25, -0.2) is 0 Å². The standard InChI is InChI=1S/C8H8BO2/c1-9-7-2-3-8(11)6(4-7)5-10/h2-5,11H,1H3. The van der Waals surface area contributed by atoms with Crippen LogP contribution in [0.3, 0.4) is 0 Å². The summed E-state index contributed by atoms with van der Waals surface area (Å²) in [5, 5.41) is 9.09. The number of rotatable bonds is 2. The third-order valence-corrected chi connectivity index (χ3v) is 1.51. The summed E-state index contributed by atoms with van der Waals surface area (Å²) in [7, 11) is 1.87. The van der Waals surface area contributed by atoms with E-state index in [1.165, 1.54) is 6.07 Å². The number of carbonyl (C=O) groups is 1. The van der Waals surface area contributed by atoms with Crippen molar-refractivity contribution in [2.45, 2.75) is 6.82 Å². The lowest BCUT2D eigenvalue weighted by atomic mass is 9.73. The lowest BCUT2D eigenvalue weighted by Gasteiger charge is -1.98. The molecule has 55 valence electrons. The summed E-state index contributed by atoms with van der Waals surface area (Å²) in [6, 6.07) is 4.91. The van der Waals surface area contributed by atoms with E-state index in [-0.39, 0.29) is 5.75 Å². The Balaban J connectivity index is 3.12. The number of benzene rings is 1. The van der Waals surface area contributed by atoms with Crippen LogP contribution in [0.2, 0.25) is 6.82 Å². The molecule has 0 amide bonds. The van der Waals surface area contributed by atoms with E-state index in [2.05, 4.69) is 0 Å². The SMILES string of the molecule is C[B]c1ccc(O)c(C=O)c1. The summed E-state index contributed by atoms with van der Waals surface area (Å²) in [6.45, 7) is 1.88. The van der Waals surface area contributed by atoms with Crippen LogP contribution >= 0.6 is 0 Å². The van der Waals surface area contributed by atoms with E-state index < -0.39 is 0 Å². The fourth-order valence-corrected chi connectivity index (χ4v) is 0.847. The van der Waals surface area contributed by atoms with E-state index in [4.69, 9.17) is 5.11 Å². The molecule has 0 aliphatic heterocycles. The molecule has 1 rings (SSSR count). The van der Waals surface area contributed by atoms with E-state index in [0.29, 0.717) is 11.8 Å². The van der Waals surface area contributed by atoms with Gasteiger partial charge in [0.1, 0.15) is 13.0 Å². The van der Waals surface area contributed by atoms with Crippen molar-refractivity contribution >= 4 is 19.0 Å². The maximum Gasteiger partial charge on any atom is 0.153 e. The Kier molecular flexibility index (Phi) is 2.31. The van der Waals surface area contributed by atoms with Gasteiger partial charge in [-0.1, -0.05) is 24.4 Å². The van der Waals surface area contributed by atoms with Gasteiger partial charge in [-0.15, -0.1) is 0 Å². The highest BCUT2D eigenvalue weighted by Crippen LogP contribution is 2.10. The van der Waals surface area contributed by atoms with Gasteiger partial charge < -0.3 is 5.11 Å². The Labute approximate surface area is 66.1 Å². The molecule has 0 saturated carbocycles. The normalized spacial score (nSPS) is 9.18. The zero-order valence-corrected chi connectivity index (χ0v) is 6.24. The monoisotopic (exact) mass is 147 g/mol. The van der Waals surface area contributed by atoms with Crippen LogP contribution in [0.25, 0.3) is 0 Å². The van der Waals surface area contributed by atoms with Gasteiger partial charge in [0.25, 0.3) is 0 Å². The van der Waals surface area contributed by atoms with Crippen molar-refractivity contribution in [3.05, 3.63) is 23.8 Å². The average molecular weight is 147 g/mol. The predicted molar refractivity (Wildman–Crippen MR) is 44.7 cm³/mol. The van der Waals surface area contributed by atoms with Crippen molar-refractivity contribution in [1.29, 1.82) is 0 Å². The molecule has 0 bridgehead atoms. The first-order valence-electron chi connectivity index (χ1n) is 3.35. The number of phenols is 1. The molecular formula is C8H8BO2. The largest absolute Gasteiger partial charge is 0.507 e. The second kappa shape index (κ2) is 3.24. The number of aldehydes is 1. The van der Waals surface area contributed by atoms with E-state index in [1.54, 1.807) is 12.1 Å². The van der Waals surface area contributed by atoms with Crippen LogP contribution < -0.4 is 5.46 Å². The molecule has 0 unspecified atom stereocenters. The maximum atomic E-state index is 10.3. The summed E-state index contributed by atoms with van der Waals surface area (Å²) in [5.74, 6) is 0.0330. The molecule has 0 heterocycles. The number of phenolic OH excluding ortho intramolecular Hbond substituents is 1. The summed E-state index contributed by atoms with van der Waals surface area (Å²) in [6.07, 6.45) is 0.641. The van der Waals surface area contributed by atoms with Crippen molar-refractivity contribution in [1.82, 2.24) is 0 Å². The molecular weight excluding hydrogens is 139 g/mol. The quantitative estimate of drug-likeness (QED) is 0.490. The molecule has 0 aromatic heterocycles. The van der Waals surface area contributed by atoms with Crippen LogP contribution in [0.1, 0.15) is 10.4 Å². The van der Waals surface area contributed by atoms with Crippen LogP contribution in [-0.4, -0.2) is 18.7 Å². The fraction of sp³-hybridized carbons (Fsp3) is 0.125. The summed E-state index contributed by atoms with van der Waals surface area (Å²) >= 11 is 0. The van der Waals surface area contributed by atoms with E-state index in [1.807, 2.05) is 14.1 Å². The Bertz CT molecular complexity index is 271. The lowest BCUT2D eigenvalue weighted by Crippen LogP contribution is -2.10. The van der Waals surface area contributed by atoms with E-state index >= 15 is 0 Å². The zero-order valence-electron chi connectivity index (χ0n) is 6.24. The van der Waals surface area contributed by atoms with Crippen molar-refractivity contribution in [2.24, 2.45) is 0 Å². The first-order chi connectivity index (χ1) is 5.27. The van der Waals surface area contributed by atoms with Gasteiger partial charge in [0.15, 0.2) is 6.29 Å². The van der Waals surface area contributed by atoms with Gasteiger partial charge in [0.05, 0.1) is 5.56 Å². The second-order valence-corrected chi connectivity index (χ2v) is 2.22. The molecule has 1 aromatic rings. The van der Waals surface area contributed by atoms with E-state index in [9.17, 15) is 4.79 Å². The third kappa shape index (κ3) is 1.61. The Hall–Kier alpha value is -1.25. The molecule has 2 nitrogen and oxygen atoms in total. The zero-order chi connectivity index (χ0) is 8.27. The van der Waals surface area contributed by atoms with Crippen molar-refractivity contribution in [2.75, 3.05) is 0 Å². The molecule has 1 aromatic carbocycles. The van der Waals surface area contributed by atoms with Crippen molar-refractivity contribution in [3.8, 4) is 5.75 Å². The molecule has 0 fully saturated rings. The molecule has 0 saturated heterocycles. The van der Waals surface area contributed by atoms with Crippen LogP contribution in [-0.2, 0) is 0 Å². The van der Waals surface area contributed by atoms with Crippen LogP contribution in [0.15, 0.2) is 18.2 Å². The first kappa shape index (κ1) is 7.86. The Morgan fingerprint density at radius 1 is 1.55 bits per heavy atom. The molecule has 0 aliphatic rings. The highest BCUT2D eigenvalue weighted by molar-refractivity contribution is 6.52. The van der Waals surface area contributed by atoms with Crippen molar-refractivity contribution < 1.29 is 9.90 Å². The maximum absolute atomic E-state index is 10.3. The summed E-state index contributed by atoms with van der Waals surface area (Å²) < 4.78 is 0. The second-order valence-electron chi connectivity index (χ2n) is 2.22. The molecule has 0 aliphatic carbocycles. The molecule has 11 heavy (non-hydrogen) atoms. The molecule has 3 heteroatoms. The molecule has 0 spiro atoms. The lowest BCUT2D eigenvalue weighted by molar-refractivity contribution is 0.112. The predicted octanol–water partition coefficient (Wildman–Crippen LogP) is 0.582. The highest BCUT2D eigenvalue weighted by atomic mass is 16.3. The summed E-state index contributed by atoms with van der Waals surface area (Å²) in [4.78, 5) is 10.3. The fourth-order valence-electron chi connectivity index (χ4n) is 0.847. The van der Waals surface area contributed by atoms with Gasteiger partial charge >= 0.3 is 0 Å². The number of hydrogen-bond donors (Lipinski definition) is 1.